The fourth-order valence-electron chi connectivity index (χ4n) is 2.88. The van der Waals surface area contributed by atoms with Gasteiger partial charge in [0.25, 0.3) is 5.56 Å². The van der Waals surface area contributed by atoms with Crippen molar-refractivity contribution in [3.8, 4) is 0 Å². The van der Waals surface area contributed by atoms with E-state index in [1.807, 2.05) is 37.3 Å². The summed E-state index contributed by atoms with van der Waals surface area (Å²) in [6.07, 6.45) is 0. The van der Waals surface area contributed by atoms with Gasteiger partial charge in [-0.15, -0.1) is 0 Å². The second-order valence-corrected chi connectivity index (χ2v) is 6.63. The monoisotopic (exact) mass is 384 g/mol. The number of aromatic amines is 1. The minimum atomic E-state index is -1.32. The van der Waals surface area contributed by atoms with Crippen LogP contribution >= 0.6 is 11.6 Å². The highest BCUT2D eigenvalue weighted by molar-refractivity contribution is 6.31. The number of carboxylic acid groups (broad SMARTS) is 1. The largest absolute Gasteiger partial charge is 0.477 e. The number of nitrogens with one attached hydrogen (secondary N) is 2. The third kappa shape index (κ3) is 4.01. The van der Waals surface area contributed by atoms with Crippen LogP contribution in [0.3, 0.4) is 0 Å². The van der Waals surface area contributed by atoms with Gasteiger partial charge in [-0.3, -0.25) is 9.59 Å². The van der Waals surface area contributed by atoms with Crippen LogP contribution in [0.15, 0.2) is 53.3 Å². The lowest BCUT2D eigenvalue weighted by Gasteiger charge is -2.14. The molecule has 0 unspecified atom stereocenters. The highest BCUT2D eigenvalue weighted by Gasteiger charge is 2.16. The summed E-state index contributed by atoms with van der Waals surface area (Å²) in [6.45, 7) is 1.96. The number of carbonyl (C=O) groups is 2. The van der Waals surface area contributed by atoms with Crippen LogP contribution in [0.2, 0.25) is 5.02 Å². The molecule has 3 aromatic rings. The highest BCUT2D eigenvalue weighted by Crippen LogP contribution is 2.23. The van der Waals surface area contributed by atoms with E-state index in [1.165, 1.54) is 6.07 Å². The maximum atomic E-state index is 12.5. The summed E-state index contributed by atoms with van der Waals surface area (Å²) < 4.78 is 0. The van der Waals surface area contributed by atoms with Crippen molar-refractivity contribution >= 4 is 34.4 Å². The number of pyridine rings is 1. The Balaban J connectivity index is 1.88. The van der Waals surface area contributed by atoms with Crippen molar-refractivity contribution < 1.29 is 14.7 Å². The molecule has 2 aromatic carbocycles. The number of fused-ring (bicyclic) bond motifs is 1. The Bertz CT molecular complexity index is 1080. The first-order chi connectivity index (χ1) is 12.9. The van der Waals surface area contributed by atoms with E-state index in [-0.39, 0.29) is 23.9 Å². The van der Waals surface area contributed by atoms with Crippen LogP contribution in [0.25, 0.3) is 10.9 Å². The van der Waals surface area contributed by atoms with Gasteiger partial charge in [-0.2, -0.15) is 0 Å². The Morgan fingerprint density at radius 3 is 2.56 bits per heavy atom. The van der Waals surface area contributed by atoms with Gasteiger partial charge >= 0.3 is 5.97 Å². The molecule has 27 heavy (non-hydrogen) atoms. The minimum absolute atomic E-state index is 0.148. The average Bonchev–Trinajstić information content (AvgIpc) is 2.65. The van der Waals surface area contributed by atoms with Crippen LogP contribution < -0.4 is 10.9 Å². The second kappa shape index (κ2) is 7.63. The van der Waals surface area contributed by atoms with Crippen LogP contribution in [0.1, 0.15) is 34.3 Å². The lowest BCUT2D eigenvalue weighted by atomic mass is 10.0. The molecule has 7 heteroatoms. The number of H-pyrrole nitrogens is 1. The lowest BCUT2D eigenvalue weighted by molar-refractivity contribution is -0.122. The van der Waals surface area contributed by atoms with Gasteiger partial charge in [-0.05, 0) is 36.2 Å². The molecule has 0 saturated heterocycles. The number of rotatable bonds is 5. The van der Waals surface area contributed by atoms with E-state index in [9.17, 15) is 14.4 Å². The Morgan fingerprint density at radius 1 is 1.19 bits per heavy atom. The number of benzene rings is 2. The van der Waals surface area contributed by atoms with Crippen LogP contribution in [-0.2, 0) is 11.3 Å². The Kier molecular flexibility index (Phi) is 5.28. The molecule has 0 aliphatic carbocycles. The van der Waals surface area contributed by atoms with Gasteiger partial charge in [0.1, 0.15) is 5.56 Å². The number of carboxylic acids is 1. The molecule has 0 bridgehead atoms. The third-order valence-electron chi connectivity index (χ3n) is 4.37. The minimum Gasteiger partial charge on any atom is -0.477 e. The van der Waals surface area contributed by atoms with Crippen molar-refractivity contribution in [1.82, 2.24) is 10.3 Å². The van der Waals surface area contributed by atoms with Gasteiger partial charge in [0.05, 0.1) is 11.4 Å². The molecule has 0 saturated carbocycles. The third-order valence-corrected chi connectivity index (χ3v) is 4.59. The SMILES string of the molecule is C[C@@H](C(=O)NCc1cc(Cl)cc2cc(C(=O)O)c(=O)[nH]c12)c1ccccc1. The van der Waals surface area contributed by atoms with Gasteiger partial charge < -0.3 is 15.4 Å². The zero-order valence-electron chi connectivity index (χ0n) is 14.5. The van der Waals surface area contributed by atoms with Crippen LogP contribution in [0, 0.1) is 0 Å². The van der Waals surface area contributed by atoms with Crippen LogP contribution in [-0.4, -0.2) is 22.0 Å². The normalized spacial score (nSPS) is 11.9. The van der Waals surface area contributed by atoms with Gasteiger partial charge in [0, 0.05) is 17.0 Å². The smallest absolute Gasteiger partial charge is 0.341 e. The Hall–Kier alpha value is -3.12. The Morgan fingerprint density at radius 2 is 1.89 bits per heavy atom. The van der Waals surface area contributed by atoms with Gasteiger partial charge in [0.15, 0.2) is 0 Å². The summed E-state index contributed by atoms with van der Waals surface area (Å²) in [5.41, 5.74) is 0.868. The molecule has 1 amide bonds. The molecule has 0 aliphatic rings. The number of aromatic nitrogens is 1. The van der Waals surface area contributed by atoms with Crippen molar-refractivity contribution in [1.29, 1.82) is 0 Å². The van der Waals surface area contributed by atoms with Crippen molar-refractivity contribution in [3.63, 3.8) is 0 Å². The summed E-state index contributed by atoms with van der Waals surface area (Å²) in [5.74, 6) is -1.82. The predicted molar refractivity (Wildman–Crippen MR) is 103 cm³/mol. The molecule has 6 nitrogen and oxygen atoms in total. The molecule has 0 radical (unpaired) electrons. The van der Waals surface area contributed by atoms with E-state index in [1.54, 1.807) is 12.1 Å². The summed E-state index contributed by atoms with van der Waals surface area (Å²) in [7, 11) is 0. The number of hydrogen-bond acceptors (Lipinski definition) is 3. The summed E-state index contributed by atoms with van der Waals surface area (Å²) >= 11 is 6.12. The quantitative estimate of drug-likeness (QED) is 0.628. The molecular weight excluding hydrogens is 368 g/mol. The second-order valence-electron chi connectivity index (χ2n) is 6.20. The lowest BCUT2D eigenvalue weighted by Crippen LogP contribution is -2.28. The number of halogens is 1. The predicted octanol–water partition coefficient (Wildman–Crippen LogP) is 3.30. The van der Waals surface area contributed by atoms with E-state index >= 15 is 0 Å². The molecule has 3 rings (SSSR count). The average molecular weight is 385 g/mol. The standard InChI is InChI=1S/C20H17ClN2O4/c1-11(12-5-3-2-4-6-12)18(24)22-10-14-8-15(21)7-13-9-16(20(26)27)19(25)23-17(13)14/h2-9,11H,10H2,1H3,(H,22,24)(H,23,25)(H,26,27)/t11-/m1/s1. The fourth-order valence-corrected chi connectivity index (χ4v) is 3.13. The maximum absolute atomic E-state index is 12.5. The molecule has 138 valence electrons. The van der Waals surface area contributed by atoms with Crippen LogP contribution in [0.5, 0.6) is 0 Å². The molecular formula is C20H17ClN2O4. The van der Waals surface area contributed by atoms with E-state index in [4.69, 9.17) is 16.7 Å². The van der Waals surface area contributed by atoms with E-state index in [0.717, 1.165) is 5.56 Å². The number of aromatic carboxylic acids is 1. The topological polar surface area (TPSA) is 99.3 Å². The zero-order chi connectivity index (χ0) is 19.6. The summed E-state index contributed by atoms with van der Waals surface area (Å²) in [5, 5.41) is 12.8. The van der Waals surface area contributed by atoms with Gasteiger partial charge in [-0.25, -0.2) is 4.79 Å². The first-order valence-corrected chi connectivity index (χ1v) is 8.66. The molecule has 0 aliphatic heterocycles. The first-order valence-electron chi connectivity index (χ1n) is 8.28. The van der Waals surface area contributed by atoms with Gasteiger partial charge in [-0.1, -0.05) is 41.9 Å². The van der Waals surface area contributed by atoms with E-state index < -0.39 is 11.5 Å². The van der Waals surface area contributed by atoms with Crippen molar-refractivity contribution in [2.45, 2.75) is 19.4 Å². The van der Waals surface area contributed by atoms with Gasteiger partial charge in [0.2, 0.25) is 5.91 Å². The molecule has 0 fully saturated rings. The first kappa shape index (κ1) is 18.7. The van der Waals surface area contributed by atoms with E-state index in [2.05, 4.69) is 10.3 Å². The molecule has 1 atom stereocenters. The molecule has 3 N–H and O–H groups in total. The number of amides is 1. The number of hydrogen-bond donors (Lipinski definition) is 3. The molecule has 1 heterocycles. The van der Waals surface area contributed by atoms with Crippen LogP contribution in [0.4, 0.5) is 0 Å². The molecule has 0 spiro atoms. The Labute approximate surface area is 159 Å². The van der Waals surface area contributed by atoms with Crippen molar-refractivity contribution in [3.05, 3.63) is 80.6 Å². The van der Waals surface area contributed by atoms with Crippen molar-refractivity contribution in [2.75, 3.05) is 0 Å². The maximum Gasteiger partial charge on any atom is 0.341 e. The summed E-state index contributed by atoms with van der Waals surface area (Å²) in [4.78, 5) is 38.2. The fraction of sp³-hybridized carbons (Fsp3) is 0.150. The zero-order valence-corrected chi connectivity index (χ0v) is 15.2. The summed E-state index contributed by atoms with van der Waals surface area (Å²) in [6, 6.07) is 13.9. The molecule has 1 aromatic heterocycles. The highest BCUT2D eigenvalue weighted by atomic mass is 35.5. The van der Waals surface area contributed by atoms with E-state index in [0.29, 0.717) is 21.5 Å². The van der Waals surface area contributed by atoms with Crippen molar-refractivity contribution in [2.24, 2.45) is 0 Å². The number of carbonyl (C=O) groups excluding carboxylic acids is 1.